The molecule has 6 nitrogen and oxygen atoms in total. The predicted octanol–water partition coefficient (Wildman–Crippen LogP) is 5.91. The second kappa shape index (κ2) is 11.4. The van der Waals surface area contributed by atoms with Crippen LogP contribution in [0.1, 0.15) is 27.8 Å². The molecule has 0 heterocycles. The number of halogens is 1. The van der Waals surface area contributed by atoms with Crippen LogP contribution >= 0.6 is 22.6 Å². The first-order chi connectivity index (χ1) is 16.4. The summed E-state index contributed by atoms with van der Waals surface area (Å²) in [6.07, 6.45) is 1.51. The number of hydrogen-bond donors (Lipinski definition) is 1. The number of carbonyl (C=O) groups is 1. The van der Waals surface area contributed by atoms with Crippen LogP contribution in [0.3, 0.4) is 0 Å². The quantitative estimate of drug-likeness (QED) is 0.219. The predicted molar refractivity (Wildman–Crippen MR) is 139 cm³/mol. The van der Waals surface area contributed by atoms with E-state index in [4.69, 9.17) is 9.47 Å². The Kier molecular flexibility index (Phi) is 8.29. The van der Waals surface area contributed by atoms with E-state index in [9.17, 15) is 15.3 Å². The molecule has 0 aliphatic heterocycles. The number of ether oxygens (including phenoxy) is 2. The van der Waals surface area contributed by atoms with Gasteiger partial charge < -0.3 is 14.8 Å². The van der Waals surface area contributed by atoms with E-state index in [0.29, 0.717) is 28.3 Å². The standard InChI is InChI=1S/C27H22IN3O3/c1-17-8-9-24(18(2)10-17)31-27(32)22(15-30)11-19-12-23(28)26(25(13-19)33-3)34-16-21-7-5-4-6-20(21)14-29/h4-13H,16H2,1-3H3,(H,31,32)/b22-11+. The minimum absolute atomic E-state index is 0.0329. The van der Waals surface area contributed by atoms with Gasteiger partial charge >= 0.3 is 0 Å². The first kappa shape index (κ1) is 24.8. The molecular weight excluding hydrogens is 541 g/mol. The maximum absolute atomic E-state index is 12.7. The Labute approximate surface area is 212 Å². The Morgan fingerprint density at radius 3 is 2.56 bits per heavy atom. The van der Waals surface area contributed by atoms with Crippen molar-refractivity contribution in [2.24, 2.45) is 0 Å². The van der Waals surface area contributed by atoms with E-state index < -0.39 is 5.91 Å². The van der Waals surface area contributed by atoms with Crippen molar-refractivity contribution in [1.82, 2.24) is 0 Å². The van der Waals surface area contributed by atoms with Crippen molar-refractivity contribution in [3.05, 3.63) is 91.6 Å². The van der Waals surface area contributed by atoms with E-state index in [1.165, 1.54) is 13.2 Å². The molecule has 1 N–H and O–H groups in total. The summed E-state index contributed by atoms with van der Waals surface area (Å²) < 4.78 is 12.2. The van der Waals surface area contributed by atoms with Gasteiger partial charge in [0, 0.05) is 11.3 Å². The molecule has 3 aromatic rings. The SMILES string of the molecule is COc1cc(/C=C(\C#N)C(=O)Nc2ccc(C)cc2C)cc(I)c1OCc1ccccc1C#N. The van der Waals surface area contributed by atoms with Gasteiger partial charge in [-0.2, -0.15) is 10.5 Å². The minimum Gasteiger partial charge on any atom is -0.493 e. The number of hydrogen-bond acceptors (Lipinski definition) is 5. The fraction of sp³-hybridized carbons (Fsp3) is 0.148. The molecule has 0 saturated heterocycles. The molecule has 0 unspecified atom stereocenters. The number of amides is 1. The van der Waals surface area contributed by atoms with Crippen molar-refractivity contribution >= 4 is 40.3 Å². The Bertz CT molecular complexity index is 1350. The lowest BCUT2D eigenvalue weighted by atomic mass is 10.1. The molecular formula is C27H22IN3O3. The Hall–Kier alpha value is -3.82. The van der Waals surface area contributed by atoms with Crippen molar-refractivity contribution < 1.29 is 14.3 Å². The molecule has 0 fully saturated rings. The van der Waals surface area contributed by atoms with Gasteiger partial charge in [-0.15, -0.1) is 0 Å². The molecule has 0 bridgehead atoms. The van der Waals surface area contributed by atoms with Crippen molar-refractivity contribution in [3.8, 4) is 23.6 Å². The second-order valence-corrected chi connectivity index (χ2v) is 8.70. The highest BCUT2D eigenvalue weighted by molar-refractivity contribution is 14.1. The molecule has 0 spiro atoms. The number of carbonyl (C=O) groups excluding carboxylic acids is 1. The Morgan fingerprint density at radius 1 is 1.12 bits per heavy atom. The Balaban J connectivity index is 1.85. The minimum atomic E-state index is -0.489. The van der Waals surface area contributed by atoms with Gasteiger partial charge in [-0.3, -0.25) is 4.79 Å². The van der Waals surface area contributed by atoms with E-state index in [-0.39, 0.29) is 12.2 Å². The zero-order valence-electron chi connectivity index (χ0n) is 19.0. The van der Waals surface area contributed by atoms with Crippen LogP contribution in [-0.4, -0.2) is 13.0 Å². The maximum Gasteiger partial charge on any atom is 0.266 e. The first-order valence-corrected chi connectivity index (χ1v) is 11.4. The molecule has 170 valence electrons. The van der Waals surface area contributed by atoms with E-state index in [0.717, 1.165) is 20.3 Å². The highest BCUT2D eigenvalue weighted by Gasteiger charge is 2.15. The molecule has 1 amide bonds. The molecule has 0 aromatic heterocycles. The van der Waals surface area contributed by atoms with Crippen LogP contribution in [0.25, 0.3) is 6.08 Å². The summed E-state index contributed by atoms with van der Waals surface area (Å²) in [6, 6.07) is 20.6. The molecule has 0 radical (unpaired) electrons. The molecule has 0 aliphatic carbocycles. The van der Waals surface area contributed by atoms with Gasteiger partial charge in [0.25, 0.3) is 5.91 Å². The lowest BCUT2D eigenvalue weighted by Crippen LogP contribution is -2.14. The van der Waals surface area contributed by atoms with Gasteiger partial charge in [-0.05, 0) is 77.9 Å². The number of nitrogens with zero attached hydrogens (tertiary/aromatic N) is 2. The van der Waals surface area contributed by atoms with E-state index in [1.54, 1.807) is 24.3 Å². The van der Waals surface area contributed by atoms with Crippen LogP contribution in [-0.2, 0) is 11.4 Å². The summed E-state index contributed by atoms with van der Waals surface area (Å²) in [5, 5.41) is 21.7. The molecule has 0 atom stereocenters. The average molecular weight is 563 g/mol. The second-order valence-electron chi connectivity index (χ2n) is 7.53. The summed E-state index contributed by atoms with van der Waals surface area (Å²) in [5.74, 6) is 0.489. The van der Waals surface area contributed by atoms with Gasteiger partial charge in [0.05, 0.1) is 22.3 Å². The van der Waals surface area contributed by atoms with Crippen molar-refractivity contribution in [1.29, 1.82) is 10.5 Å². The number of nitriles is 2. The smallest absolute Gasteiger partial charge is 0.266 e. The fourth-order valence-electron chi connectivity index (χ4n) is 3.33. The number of aryl methyl sites for hydroxylation is 2. The largest absolute Gasteiger partial charge is 0.493 e. The molecule has 3 aromatic carbocycles. The molecule has 34 heavy (non-hydrogen) atoms. The third-order valence-electron chi connectivity index (χ3n) is 5.07. The first-order valence-electron chi connectivity index (χ1n) is 10.3. The lowest BCUT2D eigenvalue weighted by molar-refractivity contribution is -0.112. The van der Waals surface area contributed by atoms with Crippen LogP contribution < -0.4 is 14.8 Å². The number of methoxy groups -OCH3 is 1. The van der Waals surface area contributed by atoms with Crippen LogP contribution in [0.15, 0.2) is 60.2 Å². The number of anilines is 1. The average Bonchev–Trinajstić information content (AvgIpc) is 2.83. The van der Waals surface area contributed by atoms with Gasteiger partial charge in [-0.25, -0.2) is 0 Å². The molecule has 3 rings (SSSR count). The zero-order chi connectivity index (χ0) is 24.7. The van der Waals surface area contributed by atoms with E-state index in [1.807, 2.05) is 50.2 Å². The highest BCUT2D eigenvalue weighted by Crippen LogP contribution is 2.35. The summed E-state index contributed by atoms with van der Waals surface area (Å²) in [7, 11) is 1.52. The van der Waals surface area contributed by atoms with Crippen LogP contribution in [0.4, 0.5) is 5.69 Å². The van der Waals surface area contributed by atoms with Gasteiger partial charge in [0.1, 0.15) is 18.2 Å². The maximum atomic E-state index is 12.7. The summed E-state index contributed by atoms with van der Waals surface area (Å²) in [6.45, 7) is 4.08. The third-order valence-corrected chi connectivity index (χ3v) is 5.87. The number of rotatable bonds is 7. The molecule has 0 aliphatic rings. The zero-order valence-corrected chi connectivity index (χ0v) is 21.1. The van der Waals surface area contributed by atoms with Gasteiger partial charge in [0.2, 0.25) is 0 Å². The topological polar surface area (TPSA) is 95.1 Å². The molecule has 7 heteroatoms. The number of nitrogens with one attached hydrogen (secondary N) is 1. The van der Waals surface area contributed by atoms with E-state index in [2.05, 4.69) is 34.0 Å². The van der Waals surface area contributed by atoms with Crippen LogP contribution in [0.5, 0.6) is 11.5 Å². The highest BCUT2D eigenvalue weighted by atomic mass is 127. The van der Waals surface area contributed by atoms with Crippen molar-refractivity contribution in [2.45, 2.75) is 20.5 Å². The van der Waals surface area contributed by atoms with Crippen LogP contribution in [0.2, 0.25) is 0 Å². The summed E-state index contributed by atoms with van der Waals surface area (Å²) >= 11 is 2.12. The van der Waals surface area contributed by atoms with E-state index >= 15 is 0 Å². The van der Waals surface area contributed by atoms with Crippen molar-refractivity contribution in [2.75, 3.05) is 12.4 Å². The fourth-order valence-corrected chi connectivity index (χ4v) is 4.11. The number of benzene rings is 3. The molecule has 0 saturated carbocycles. The third kappa shape index (κ3) is 5.94. The summed E-state index contributed by atoms with van der Waals surface area (Å²) in [4.78, 5) is 12.7. The lowest BCUT2D eigenvalue weighted by Gasteiger charge is -2.14. The monoisotopic (exact) mass is 563 g/mol. The normalized spacial score (nSPS) is 10.7. The summed E-state index contributed by atoms with van der Waals surface area (Å²) in [5.41, 5.74) is 4.57. The van der Waals surface area contributed by atoms with Gasteiger partial charge in [0.15, 0.2) is 11.5 Å². The van der Waals surface area contributed by atoms with Gasteiger partial charge in [-0.1, -0.05) is 35.9 Å². The Morgan fingerprint density at radius 2 is 1.88 bits per heavy atom. The van der Waals surface area contributed by atoms with Crippen LogP contribution in [0, 0.1) is 40.1 Å². The van der Waals surface area contributed by atoms with Crippen molar-refractivity contribution in [3.63, 3.8) is 0 Å².